The van der Waals surface area contributed by atoms with Crippen LogP contribution >= 0.6 is 0 Å². The normalized spacial score (nSPS) is 10.1. The van der Waals surface area contributed by atoms with Crippen molar-refractivity contribution in [3.05, 3.63) is 48.2 Å². The van der Waals surface area contributed by atoms with Crippen LogP contribution in [0.3, 0.4) is 0 Å². The standard InChI is InChI=1S/C13H15N3O2/c1-16(13-14-9-8-12(15-13)17-2)18-10-11-6-4-3-5-7-11/h3-9H,10H2,1-2H3. The molecular formula is C13H15N3O2. The number of anilines is 1. The molecule has 0 bridgehead atoms. The van der Waals surface area contributed by atoms with Gasteiger partial charge in [-0.3, -0.25) is 4.84 Å². The summed E-state index contributed by atoms with van der Waals surface area (Å²) in [6.45, 7) is 0.470. The smallest absolute Gasteiger partial charge is 0.252 e. The predicted octanol–water partition coefficient (Wildman–Crippen LogP) is 2.05. The third kappa shape index (κ3) is 3.18. The summed E-state index contributed by atoms with van der Waals surface area (Å²) in [5.74, 6) is 0.973. The first-order valence-electron chi connectivity index (χ1n) is 5.57. The molecule has 0 unspecified atom stereocenters. The summed E-state index contributed by atoms with van der Waals surface area (Å²) >= 11 is 0. The second-order valence-corrected chi connectivity index (χ2v) is 3.66. The Morgan fingerprint density at radius 2 is 1.94 bits per heavy atom. The van der Waals surface area contributed by atoms with Gasteiger partial charge in [-0.2, -0.15) is 4.98 Å². The Morgan fingerprint density at radius 1 is 1.17 bits per heavy atom. The van der Waals surface area contributed by atoms with E-state index in [1.54, 1.807) is 26.4 Å². The van der Waals surface area contributed by atoms with Crippen molar-refractivity contribution in [1.82, 2.24) is 9.97 Å². The molecule has 0 aliphatic carbocycles. The van der Waals surface area contributed by atoms with Crippen LogP contribution in [0.4, 0.5) is 5.95 Å². The molecule has 5 nitrogen and oxygen atoms in total. The van der Waals surface area contributed by atoms with E-state index in [0.29, 0.717) is 18.4 Å². The second kappa shape index (κ2) is 5.97. The molecule has 0 saturated carbocycles. The molecular weight excluding hydrogens is 230 g/mol. The molecule has 0 aliphatic rings. The van der Waals surface area contributed by atoms with Crippen LogP contribution in [0.15, 0.2) is 42.6 Å². The number of hydroxylamine groups is 1. The number of benzene rings is 1. The molecule has 0 atom stereocenters. The summed E-state index contributed by atoms with van der Waals surface area (Å²) in [6, 6.07) is 11.6. The molecule has 2 rings (SSSR count). The Labute approximate surface area is 106 Å². The van der Waals surface area contributed by atoms with Crippen molar-refractivity contribution in [2.75, 3.05) is 19.2 Å². The van der Waals surface area contributed by atoms with Gasteiger partial charge in [-0.05, 0) is 5.56 Å². The van der Waals surface area contributed by atoms with Gasteiger partial charge in [0.05, 0.1) is 7.11 Å². The number of rotatable bonds is 5. The van der Waals surface area contributed by atoms with Crippen LogP contribution in [0.25, 0.3) is 0 Å². The zero-order valence-corrected chi connectivity index (χ0v) is 10.4. The highest BCUT2D eigenvalue weighted by Crippen LogP contribution is 2.12. The fraction of sp³-hybridized carbons (Fsp3) is 0.231. The minimum absolute atomic E-state index is 0.463. The molecule has 0 spiro atoms. The Hall–Kier alpha value is -2.14. The maximum absolute atomic E-state index is 5.57. The molecule has 0 amide bonds. The largest absolute Gasteiger partial charge is 0.481 e. The third-order valence-electron chi connectivity index (χ3n) is 2.38. The average Bonchev–Trinajstić information content (AvgIpc) is 2.46. The van der Waals surface area contributed by atoms with Crippen molar-refractivity contribution >= 4 is 5.95 Å². The van der Waals surface area contributed by atoms with Crippen LogP contribution in [-0.2, 0) is 11.4 Å². The highest BCUT2D eigenvalue weighted by molar-refractivity contribution is 5.27. The van der Waals surface area contributed by atoms with Crippen LogP contribution in [0.5, 0.6) is 5.88 Å². The molecule has 0 saturated heterocycles. The topological polar surface area (TPSA) is 47.5 Å². The van der Waals surface area contributed by atoms with Crippen LogP contribution in [0.1, 0.15) is 5.56 Å². The van der Waals surface area contributed by atoms with Crippen LogP contribution in [0.2, 0.25) is 0 Å². The zero-order valence-electron chi connectivity index (χ0n) is 10.4. The number of ether oxygens (including phenoxy) is 1. The summed E-state index contributed by atoms with van der Waals surface area (Å²) in [4.78, 5) is 13.8. The van der Waals surface area contributed by atoms with E-state index in [2.05, 4.69) is 9.97 Å². The highest BCUT2D eigenvalue weighted by atomic mass is 16.7. The van der Waals surface area contributed by atoms with Crippen molar-refractivity contribution in [1.29, 1.82) is 0 Å². The lowest BCUT2D eigenvalue weighted by Crippen LogP contribution is -2.20. The van der Waals surface area contributed by atoms with Gasteiger partial charge in [0.2, 0.25) is 5.88 Å². The van der Waals surface area contributed by atoms with Gasteiger partial charge in [-0.1, -0.05) is 30.3 Å². The number of nitrogens with zero attached hydrogens (tertiary/aromatic N) is 3. The average molecular weight is 245 g/mol. The number of hydrogen-bond donors (Lipinski definition) is 0. The lowest BCUT2D eigenvalue weighted by Gasteiger charge is -2.16. The molecule has 0 aliphatic heterocycles. The van der Waals surface area contributed by atoms with E-state index >= 15 is 0 Å². The summed E-state index contributed by atoms with van der Waals surface area (Å²) in [5, 5.41) is 1.52. The molecule has 0 radical (unpaired) electrons. The fourth-order valence-electron chi connectivity index (χ4n) is 1.40. The molecule has 94 valence electrons. The summed E-state index contributed by atoms with van der Waals surface area (Å²) in [6.07, 6.45) is 1.63. The molecule has 1 aromatic heterocycles. The Bertz CT molecular complexity index is 491. The van der Waals surface area contributed by atoms with Crippen molar-refractivity contribution in [2.24, 2.45) is 0 Å². The van der Waals surface area contributed by atoms with Crippen LogP contribution in [-0.4, -0.2) is 24.1 Å². The minimum atomic E-state index is 0.463. The molecule has 18 heavy (non-hydrogen) atoms. The summed E-state index contributed by atoms with van der Waals surface area (Å²) in [5.41, 5.74) is 1.09. The van der Waals surface area contributed by atoms with E-state index < -0.39 is 0 Å². The molecule has 5 heteroatoms. The SMILES string of the molecule is COc1ccnc(N(C)OCc2ccccc2)n1. The van der Waals surface area contributed by atoms with E-state index in [1.165, 1.54) is 5.06 Å². The summed E-state index contributed by atoms with van der Waals surface area (Å²) in [7, 11) is 3.33. The van der Waals surface area contributed by atoms with Crippen LogP contribution < -0.4 is 9.80 Å². The maximum atomic E-state index is 5.57. The third-order valence-corrected chi connectivity index (χ3v) is 2.38. The molecule has 2 aromatic rings. The minimum Gasteiger partial charge on any atom is -0.481 e. The zero-order chi connectivity index (χ0) is 12.8. The maximum Gasteiger partial charge on any atom is 0.252 e. The van der Waals surface area contributed by atoms with Gasteiger partial charge in [-0.15, -0.1) is 0 Å². The first-order chi connectivity index (χ1) is 8.79. The van der Waals surface area contributed by atoms with E-state index in [-0.39, 0.29) is 0 Å². The quantitative estimate of drug-likeness (QED) is 0.754. The lowest BCUT2D eigenvalue weighted by molar-refractivity contribution is 0.104. The molecule has 0 fully saturated rings. The first-order valence-corrected chi connectivity index (χ1v) is 5.57. The van der Waals surface area contributed by atoms with Gasteiger partial charge in [0.25, 0.3) is 5.95 Å². The monoisotopic (exact) mass is 245 g/mol. The van der Waals surface area contributed by atoms with Gasteiger partial charge in [0, 0.05) is 19.3 Å². The van der Waals surface area contributed by atoms with Gasteiger partial charge in [-0.25, -0.2) is 10.0 Å². The summed E-state index contributed by atoms with van der Waals surface area (Å²) < 4.78 is 5.03. The molecule has 1 aromatic carbocycles. The Kier molecular flexibility index (Phi) is 4.09. The van der Waals surface area contributed by atoms with Crippen molar-refractivity contribution in [3.8, 4) is 5.88 Å². The first kappa shape index (κ1) is 12.3. The number of methoxy groups -OCH3 is 1. The highest BCUT2D eigenvalue weighted by Gasteiger charge is 2.06. The van der Waals surface area contributed by atoms with E-state index in [1.807, 2.05) is 30.3 Å². The van der Waals surface area contributed by atoms with E-state index in [4.69, 9.17) is 9.57 Å². The van der Waals surface area contributed by atoms with Gasteiger partial charge in [0.15, 0.2) is 0 Å². The Morgan fingerprint density at radius 3 is 2.67 bits per heavy atom. The lowest BCUT2D eigenvalue weighted by atomic mass is 10.2. The number of hydrogen-bond acceptors (Lipinski definition) is 5. The second-order valence-electron chi connectivity index (χ2n) is 3.66. The molecule has 0 N–H and O–H groups in total. The van der Waals surface area contributed by atoms with Gasteiger partial charge < -0.3 is 4.74 Å². The van der Waals surface area contributed by atoms with Crippen molar-refractivity contribution < 1.29 is 9.57 Å². The number of aromatic nitrogens is 2. The Balaban J connectivity index is 1.97. The molecule has 1 heterocycles. The van der Waals surface area contributed by atoms with Crippen molar-refractivity contribution in [2.45, 2.75) is 6.61 Å². The van der Waals surface area contributed by atoms with Crippen molar-refractivity contribution in [3.63, 3.8) is 0 Å². The van der Waals surface area contributed by atoms with E-state index in [0.717, 1.165) is 5.56 Å². The van der Waals surface area contributed by atoms with Gasteiger partial charge in [0.1, 0.15) is 6.61 Å². The van der Waals surface area contributed by atoms with E-state index in [9.17, 15) is 0 Å². The fourth-order valence-corrected chi connectivity index (χ4v) is 1.40. The predicted molar refractivity (Wildman–Crippen MR) is 68.2 cm³/mol. The van der Waals surface area contributed by atoms with Crippen LogP contribution in [0, 0.1) is 0 Å². The van der Waals surface area contributed by atoms with Gasteiger partial charge >= 0.3 is 0 Å².